The third kappa shape index (κ3) is 3.13. The topological polar surface area (TPSA) is 71.3 Å². The molecule has 0 spiro atoms. The molecule has 1 aromatic carbocycles. The summed E-state index contributed by atoms with van der Waals surface area (Å²) < 4.78 is 5.41. The van der Waals surface area contributed by atoms with Crippen LogP contribution in [0.2, 0.25) is 5.02 Å². The molecule has 1 aliphatic heterocycles. The van der Waals surface area contributed by atoms with Crippen molar-refractivity contribution in [1.29, 1.82) is 0 Å². The standard InChI is InChI=1S/C15H17ClN4O2/c1-9(21)17-12-7-13(20(2)8-12)15-18-14(19-22-15)10-3-5-11(16)6-4-10/h3-6,12-13H,7-8H2,1-2H3,(H,17,21)/t12-,13+/m1/s1. The molecule has 1 aromatic heterocycles. The molecule has 6 nitrogen and oxygen atoms in total. The van der Waals surface area contributed by atoms with Crippen LogP contribution >= 0.6 is 11.6 Å². The van der Waals surface area contributed by atoms with E-state index in [0.717, 1.165) is 18.5 Å². The number of benzene rings is 1. The van der Waals surface area contributed by atoms with Crippen molar-refractivity contribution in [3.8, 4) is 11.4 Å². The van der Waals surface area contributed by atoms with Gasteiger partial charge in [-0.3, -0.25) is 9.69 Å². The van der Waals surface area contributed by atoms with Crippen LogP contribution in [0.4, 0.5) is 0 Å². The average Bonchev–Trinajstić information content (AvgIpc) is 3.06. The predicted molar refractivity (Wildman–Crippen MR) is 82.3 cm³/mol. The van der Waals surface area contributed by atoms with Crippen LogP contribution in [0.5, 0.6) is 0 Å². The van der Waals surface area contributed by atoms with Gasteiger partial charge in [-0.25, -0.2) is 0 Å². The Bertz CT molecular complexity index is 670. The van der Waals surface area contributed by atoms with Crippen molar-refractivity contribution in [3.63, 3.8) is 0 Å². The summed E-state index contributed by atoms with van der Waals surface area (Å²) in [5.41, 5.74) is 0.860. The molecule has 1 amide bonds. The van der Waals surface area contributed by atoms with Gasteiger partial charge in [-0.15, -0.1) is 0 Å². The van der Waals surface area contributed by atoms with E-state index in [0.29, 0.717) is 16.7 Å². The highest BCUT2D eigenvalue weighted by Crippen LogP contribution is 2.31. The van der Waals surface area contributed by atoms with Crippen molar-refractivity contribution < 1.29 is 9.32 Å². The fourth-order valence-corrected chi connectivity index (χ4v) is 2.89. The molecule has 2 atom stereocenters. The highest BCUT2D eigenvalue weighted by molar-refractivity contribution is 6.30. The maximum atomic E-state index is 11.2. The lowest BCUT2D eigenvalue weighted by atomic mass is 10.1. The molecule has 1 fully saturated rings. The smallest absolute Gasteiger partial charge is 0.244 e. The average molecular weight is 321 g/mol. The molecule has 0 bridgehead atoms. The Kier molecular flexibility index (Phi) is 4.13. The number of carbonyl (C=O) groups is 1. The van der Waals surface area contributed by atoms with Gasteiger partial charge in [0.25, 0.3) is 0 Å². The zero-order chi connectivity index (χ0) is 15.7. The van der Waals surface area contributed by atoms with E-state index in [-0.39, 0.29) is 18.0 Å². The van der Waals surface area contributed by atoms with Gasteiger partial charge in [0.2, 0.25) is 17.6 Å². The van der Waals surface area contributed by atoms with E-state index in [1.165, 1.54) is 6.92 Å². The molecule has 1 saturated heterocycles. The number of likely N-dealkylation sites (tertiary alicyclic amines) is 1. The quantitative estimate of drug-likeness (QED) is 0.939. The van der Waals surface area contributed by atoms with E-state index in [1.54, 1.807) is 12.1 Å². The number of amides is 1. The van der Waals surface area contributed by atoms with Crippen LogP contribution < -0.4 is 5.32 Å². The SMILES string of the molecule is CC(=O)N[C@@H]1C[C@@H](c2nc(-c3ccc(Cl)cc3)no2)N(C)C1. The number of likely N-dealkylation sites (N-methyl/N-ethyl adjacent to an activating group) is 1. The number of nitrogens with one attached hydrogen (secondary N) is 1. The first-order valence-electron chi connectivity index (χ1n) is 7.10. The maximum absolute atomic E-state index is 11.2. The van der Waals surface area contributed by atoms with E-state index in [2.05, 4.69) is 20.4 Å². The van der Waals surface area contributed by atoms with Crippen molar-refractivity contribution in [1.82, 2.24) is 20.4 Å². The lowest BCUT2D eigenvalue weighted by Gasteiger charge is -2.13. The van der Waals surface area contributed by atoms with Gasteiger partial charge in [-0.05, 0) is 37.7 Å². The fourth-order valence-electron chi connectivity index (χ4n) is 2.77. The Morgan fingerprint density at radius 2 is 2.14 bits per heavy atom. The zero-order valence-electron chi connectivity index (χ0n) is 12.4. The Morgan fingerprint density at radius 3 is 2.82 bits per heavy atom. The molecule has 3 rings (SSSR count). The fraction of sp³-hybridized carbons (Fsp3) is 0.400. The number of rotatable bonds is 3. The van der Waals surface area contributed by atoms with Gasteiger partial charge in [0.05, 0.1) is 6.04 Å². The van der Waals surface area contributed by atoms with Gasteiger partial charge in [-0.2, -0.15) is 4.98 Å². The minimum Gasteiger partial charge on any atom is -0.352 e. The lowest BCUT2D eigenvalue weighted by molar-refractivity contribution is -0.119. The molecule has 2 heterocycles. The van der Waals surface area contributed by atoms with Crippen LogP contribution in [0.15, 0.2) is 28.8 Å². The van der Waals surface area contributed by atoms with Gasteiger partial charge in [0, 0.05) is 30.1 Å². The van der Waals surface area contributed by atoms with Crippen LogP contribution in [-0.4, -0.2) is 40.6 Å². The number of halogens is 1. The second-order valence-corrected chi connectivity index (χ2v) is 5.99. The van der Waals surface area contributed by atoms with Crippen LogP contribution in [0.3, 0.4) is 0 Å². The number of hydrogen-bond donors (Lipinski definition) is 1. The highest BCUT2D eigenvalue weighted by Gasteiger charge is 2.34. The maximum Gasteiger partial charge on any atom is 0.244 e. The summed E-state index contributed by atoms with van der Waals surface area (Å²) in [5, 5.41) is 7.64. The first-order chi connectivity index (χ1) is 10.5. The Morgan fingerprint density at radius 1 is 1.41 bits per heavy atom. The number of carbonyl (C=O) groups excluding carboxylic acids is 1. The van der Waals surface area contributed by atoms with Crippen LogP contribution in [0.1, 0.15) is 25.3 Å². The van der Waals surface area contributed by atoms with Crippen molar-refractivity contribution in [2.24, 2.45) is 0 Å². The van der Waals surface area contributed by atoms with Crippen molar-refractivity contribution in [3.05, 3.63) is 35.2 Å². The molecule has 0 radical (unpaired) electrons. The molecule has 0 unspecified atom stereocenters. The highest BCUT2D eigenvalue weighted by atomic mass is 35.5. The van der Waals surface area contributed by atoms with Crippen LogP contribution in [-0.2, 0) is 4.79 Å². The largest absolute Gasteiger partial charge is 0.352 e. The summed E-state index contributed by atoms with van der Waals surface area (Å²) in [6.45, 7) is 2.29. The van der Waals surface area contributed by atoms with Gasteiger partial charge < -0.3 is 9.84 Å². The third-order valence-corrected chi connectivity index (χ3v) is 4.04. The van der Waals surface area contributed by atoms with E-state index in [9.17, 15) is 4.79 Å². The molecule has 116 valence electrons. The second kappa shape index (κ2) is 6.06. The van der Waals surface area contributed by atoms with E-state index >= 15 is 0 Å². The van der Waals surface area contributed by atoms with Crippen molar-refractivity contribution in [2.45, 2.75) is 25.4 Å². The summed E-state index contributed by atoms with van der Waals surface area (Å²) in [5.74, 6) is 1.09. The van der Waals surface area contributed by atoms with E-state index in [1.807, 2.05) is 19.2 Å². The Balaban J connectivity index is 1.76. The monoisotopic (exact) mass is 320 g/mol. The molecular formula is C15H17ClN4O2. The molecule has 7 heteroatoms. The molecule has 1 N–H and O–H groups in total. The van der Waals surface area contributed by atoms with E-state index in [4.69, 9.17) is 16.1 Å². The molecule has 1 aliphatic rings. The number of nitrogens with zero attached hydrogens (tertiary/aromatic N) is 3. The van der Waals surface area contributed by atoms with Gasteiger partial charge in [0.15, 0.2) is 0 Å². The second-order valence-electron chi connectivity index (χ2n) is 5.55. The summed E-state index contributed by atoms with van der Waals surface area (Å²) in [6, 6.07) is 7.43. The summed E-state index contributed by atoms with van der Waals surface area (Å²) in [6.07, 6.45) is 0.762. The normalized spacial score (nSPS) is 22.0. The number of aromatic nitrogens is 2. The molecule has 0 aliphatic carbocycles. The first-order valence-corrected chi connectivity index (χ1v) is 7.47. The summed E-state index contributed by atoms with van der Waals surface area (Å²) >= 11 is 5.88. The zero-order valence-corrected chi connectivity index (χ0v) is 13.2. The predicted octanol–water partition coefficient (Wildman–Crippen LogP) is 2.27. The van der Waals surface area contributed by atoms with Crippen molar-refractivity contribution in [2.75, 3.05) is 13.6 Å². The minimum absolute atomic E-state index is 0.0189. The molecule has 22 heavy (non-hydrogen) atoms. The minimum atomic E-state index is -0.0218. The molecule has 0 saturated carbocycles. The summed E-state index contributed by atoms with van der Waals surface area (Å²) in [7, 11) is 1.98. The molecular weight excluding hydrogens is 304 g/mol. The van der Waals surface area contributed by atoms with Gasteiger partial charge >= 0.3 is 0 Å². The Hall–Kier alpha value is -1.92. The lowest BCUT2D eigenvalue weighted by Crippen LogP contribution is -2.34. The Labute approximate surface area is 133 Å². The summed E-state index contributed by atoms with van der Waals surface area (Å²) in [4.78, 5) is 17.8. The van der Waals surface area contributed by atoms with Crippen LogP contribution in [0.25, 0.3) is 11.4 Å². The molecule has 2 aromatic rings. The third-order valence-electron chi connectivity index (χ3n) is 3.78. The van der Waals surface area contributed by atoms with E-state index < -0.39 is 0 Å². The van der Waals surface area contributed by atoms with Gasteiger partial charge in [-0.1, -0.05) is 16.8 Å². The van der Waals surface area contributed by atoms with Crippen LogP contribution in [0, 0.1) is 0 Å². The van der Waals surface area contributed by atoms with Gasteiger partial charge in [0.1, 0.15) is 0 Å². The van der Waals surface area contributed by atoms with Crippen molar-refractivity contribution >= 4 is 17.5 Å². The number of hydrogen-bond acceptors (Lipinski definition) is 5. The first kappa shape index (κ1) is 15.0.